The summed E-state index contributed by atoms with van der Waals surface area (Å²) in [5, 5.41) is 18.5. The number of hydrogen-bond acceptors (Lipinski definition) is 5. The van der Waals surface area contributed by atoms with Gasteiger partial charge in [-0.05, 0) is 30.9 Å². The van der Waals surface area contributed by atoms with Crippen LogP contribution in [-0.2, 0) is 26.8 Å². The van der Waals surface area contributed by atoms with Gasteiger partial charge in [0.05, 0.1) is 23.3 Å². The van der Waals surface area contributed by atoms with Crippen LogP contribution in [0.4, 0.5) is 0 Å². The third-order valence-corrected chi connectivity index (χ3v) is 5.12. The van der Waals surface area contributed by atoms with Gasteiger partial charge in [0.15, 0.2) is 0 Å². The minimum atomic E-state index is -0.719. The molecular formula is C15H14N3O3PdS-. The summed E-state index contributed by atoms with van der Waals surface area (Å²) in [5.74, 6) is 0.718. The number of aliphatic hydroxyl groups excluding tert-OH is 1. The summed E-state index contributed by atoms with van der Waals surface area (Å²) in [6.45, 7) is 2.25. The van der Waals surface area contributed by atoms with Crippen LogP contribution >= 0.6 is 11.3 Å². The zero-order chi connectivity index (χ0) is 15.3. The molecule has 0 aliphatic carbocycles. The van der Waals surface area contributed by atoms with E-state index in [-0.39, 0.29) is 26.0 Å². The van der Waals surface area contributed by atoms with E-state index in [4.69, 9.17) is 4.74 Å². The number of aryl methyl sites for hydroxylation is 1. The molecule has 4 heterocycles. The first-order chi connectivity index (χ1) is 10.7. The molecule has 0 fully saturated rings. The molecule has 0 amide bonds. The van der Waals surface area contributed by atoms with Crippen LogP contribution in [0.2, 0.25) is 0 Å². The molecule has 6 nitrogen and oxygen atoms in total. The van der Waals surface area contributed by atoms with Crippen molar-refractivity contribution in [3.05, 3.63) is 34.0 Å². The number of H-pyrrole nitrogens is 1. The van der Waals surface area contributed by atoms with Gasteiger partial charge in [0.2, 0.25) is 0 Å². The predicted molar refractivity (Wildman–Crippen MR) is 83.4 cm³/mol. The number of aromatic nitrogens is 3. The molecule has 23 heavy (non-hydrogen) atoms. The molecule has 124 valence electrons. The zero-order valence-corrected chi connectivity index (χ0v) is 14.6. The van der Waals surface area contributed by atoms with Crippen LogP contribution in [0.25, 0.3) is 20.5 Å². The van der Waals surface area contributed by atoms with Crippen molar-refractivity contribution in [3.8, 4) is 16.2 Å². The van der Waals surface area contributed by atoms with Crippen LogP contribution in [0.3, 0.4) is 0 Å². The topological polar surface area (TPSA) is 89.3 Å². The standard InChI is InChI=1S/C15H15N3O3S.Pd/c1-7(19)11-9-3-2-4-21-12-10(9)14(15(20)18-11)22-13(12)8-5-16-17-6-8;/h5-7,19H,2-4H2,1H3,(H2,16,17,18,20);/p-1. The molecule has 1 atom stereocenters. The molecule has 0 saturated carbocycles. The summed E-state index contributed by atoms with van der Waals surface area (Å²) in [7, 11) is 0. The van der Waals surface area contributed by atoms with E-state index in [0.717, 1.165) is 40.0 Å². The maximum atomic E-state index is 12.4. The van der Waals surface area contributed by atoms with Crippen LogP contribution < -0.4 is 15.4 Å². The SMILES string of the molecule is CC(O)c1[nH]c(=O)c2sc(-c3cn[n-]c3)c3c2c1CCCO3.[Pd]. The Morgan fingerprint density at radius 3 is 3.04 bits per heavy atom. The number of ether oxygens (including phenoxy) is 1. The van der Waals surface area contributed by atoms with E-state index >= 15 is 0 Å². The van der Waals surface area contributed by atoms with Crippen LogP contribution in [0.1, 0.15) is 30.7 Å². The van der Waals surface area contributed by atoms with Crippen LogP contribution in [-0.4, -0.2) is 21.8 Å². The minimum absolute atomic E-state index is 0. The monoisotopic (exact) mass is 422 g/mol. The average Bonchev–Trinajstić information content (AvgIpc) is 3.07. The van der Waals surface area contributed by atoms with E-state index in [1.807, 2.05) is 0 Å². The molecule has 1 aliphatic heterocycles. The van der Waals surface area contributed by atoms with Crippen LogP contribution in [0.15, 0.2) is 17.2 Å². The van der Waals surface area contributed by atoms with E-state index in [9.17, 15) is 9.90 Å². The number of aliphatic hydroxyl groups is 1. The summed E-state index contributed by atoms with van der Waals surface area (Å²) < 4.78 is 6.56. The Morgan fingerprint density at radius 1 is 1.52 bits per heavy atom. The van der Waals surface area contributed by atoms with Gasteiger partial charge in [0.25, 0.3) is 5.56 Å². The fourth-order valence-electron chi connectivity index (χ4n) is 2.95. The molecule has 2 N–H and O–H groups in total. The van der Waals surface area contributed by atoms with Crippen molar-refractivity contribution < 1.29 is 30.3 Å². The maximum Gasteiger partial charge on any atom is 0.266 e. The molecule has 0 aromatic carbocycles. The van der Waals surface area contributed by atoms with Crippen molar-refractivity contribution in [2.45, 2.75) is 25.9 Å². The second-order valence-electron chi connectivity index (χ2n) is 5.38. The summed E-state index contributed by atoms with van der Waals surface area (Å²) in [6, 6.07) is 0. The van der Waals surface area contributed by atoms with Gasteiger partial charge in [-0.2, -0.15) is 6.20 Å². The van der Waals surface area contributed by atoms with E-state index in [0.29, 0.717) is 17.0 Å². The number of nitrogens with zero attached hydrogens (tertiary/aromatic N) is 2. The number of rotatable bonds is 2. The number of aromatic amines is 1. The Hall–Kier alpha value is -1.46. The van der Waals surface area contributed by atoms with E-state index in [2.05, 4.69) is 15.2 Å². The van der Waals surface area contributed by atoms with Crippen molar-refractivity contribution in [2.75, 3.05) is 6.61 Å². The summed E-state index contributed by atoms with van der Waals surface area (Å²) >= 11 is 1.39. The number of nitrogens with one attached hydrogen (secondary N) is 1. The first kappa shape index (κ1) is 16.4. The summed E-state index contributed by atoms with van der Waals surface area (Å²) in [5.41, 5.74) is 2.23. The smallest absolute Gasteiger partial charge is 0.266 e. The van der Waals surface area contributed by atoms with Gasteiger partial charge in [-0.25, -0.2) is 0 Å². The molecule has 1 unspecified atom stereocenters. The zero-order valence-electron chi connectivity index (χ0n) is 12.2. The van der Waals surface area contributed by atoms with Gasteiger partial charge in [-0.15, -0.1) is 11.3 Å². The first-order valence-corrected chi connectivity index (χ1v) is 7.94. The van der Waals surface area contributed by atoms with Gasteiger partial charge in [0, 0.05) is 32.0 Å². The molecule has 1 aliphatic rings. The van der Waals surface area contributed by atoms with Crippen LogP contribution in [0.5, 0.6) is 5.75 Å². The van der Waals surface area contributed by atoms with Crippen molar-refractivity contribution >= 4 is 21.4 Å². The van der Waals surface area contributed by atoms with Gasteiger partial charge < -0.3 is 25.0 Å². The molecule has 3 aromatic heterocycles. The van der Waals surface area contributed by atoms with E-state index in [1.54, 1.807) is 19.3 Å². The number of thiophene rings is 1. The molecular weight excluding hydrogens is 409 g/mol. The summed E-state index contributed by atoms with van der Waals surface area (Å²) in [6.07, 6.45) is 4.23. The normalized spacial score (nSPS) is 14.9. The fraction of sp³-hybridized carbons (Fsp3) is 0.333. The van der Waals surface area contributed by atoms with Crippen molar-refractivity contribution in [2.24, 2.45) is 0 Å². The maximum absolute atomic E-state index is 12.4. The number of hydrogen-bond donors (Lipinski definition) is 2. The Balaban J connectivity index is 0.00000156. The van der Waals surface area contributed by atoms with Crippen LogP contribution in [0, 0.1) is 0 Å². The second kappa shape index (κ2) is 6.21. The molecule has 8 heteroatoms. The van der Waals surface area contributed by atoms with Gasteiger partial charge in [-0.3, -0.25) is 4.79 Å². The first-order valence-electron chi connectivity index (χ1n) is 7.13. The molecule has 4 rings (SSSR count). The quantitative estimate of drug-likeness (QED) is 0.616. The third kappa shape index (κ3) is 2.56. The molecule has 0 saturated heterocycles. The average molecular weight is 423 g/mol. The van der Waals surface area contributed by atoms with Gasteiger partial charge in [-0.1, -0.05) is 0 Å². The Bertz CT molecular complexity index is 899. The van der Waals surface area contributed by atoms with Gasteiger partial charge in [0.1, 0.15) is 10.4 Å². The van der Waals surface area contributed by atoms with Crippen molar-refractivity contribution in [1.29, 1.82) is 0 Å². The predicted octanol–water partition coefficient (Wildman–Crippen LogP) is 1.98. The van der Waals surface area contributed by atoms with E-state index < -0.39 is 6.10 Å². The minimum Gasteiger partial charge on any atom is -0.581 e. The summed E-state index contributed by atoms with van der Waals surface area (Å²) in [4.78, 5) is 16.1. The number of pyridine rings is 1. The molecule has 0 radical (unpaired) electrons. The Morgan fingerprint density at radius 2 is 2.35 bits per heavy atom. The fourth-order valence-corrected chi connectivity index (χ4v) is 4.09. The molecule has 3 aromatic rings. The molecule has 0 spiro atoms. The second-order valence-corrected chi connectivity index (χ2v) is 6.40. The molecule has 0 bridgehead atoms. The Labute approximate surface area is 149 Å². The largest absolute Gasteiger partial charge is 0.581 e. The third-order valence-electron chi connectivity index (χ3n) is 3.90. The van der Waals surface area contributed by atoms with Gasteiger partial charge >= 0.3 is 0 Å². The van der Waals surface area contributed by atoms with Crippen molar-refractivity contribution in [1.82, 2.24) is 15.2 Å². The Kier molecular flexibility index (Phi) is 4.43. The van der Waals surface area contributed by atoms with E-state index in [1.165, 1.54) is 11.3 Å². The van der Waals surface area contributed by atoms with Crippen molar-refractivity contribution in [3.63, 3.8) is 0 Å².